The van der Waals surface area contributed by atoms with Crippen LogP contribution < -0.4 is 0 Å². The van der Waals surface area contributed by atoms with Gasteiger partial charge in [-0.3, -0.25) is 4.90 Å². The fourth-order valence-electron chi connectivity index (χ4n) is 1.13. The van der Waals surface area contributed by atoms with Crippen molar-refractivity contribution in [2.24, 2.45) is 0 Å². The van der Waals surface area contributed by atoms with Crippen LogP contribution in [0, 0.1) is 0 Å². The Balaban J connectivity index is 2.13. The fraction of sp³-hybridized carbons (Fsp3) is 1.00. The highest BCUT2D eigenvalue weighted by Crippen LogP contribution is 2.09. The lowest BCUT2D eigenvalue weighted by atomic mass is 10.3. The quantitative estimate of drug-likeness (QED) is 0.738. The topological polar surface area (TPSA) is 23.5 Å². The van der Waals surface area contributed by atoms with Gasteiger partial charge in [0.2, 0.25) is 0 Å². The number of aliphatic hydroxyl groups excluding tert-OH is 1. The minimum absolute atomic E-state index is 0.196. The third-order valence-corrected chi connectivity index (χ3v) is 3.44. The lowest BCUT2D eigenvalue weighted by molar-refractivity contribution is 0.137. The molecular weight excluding hydrogens is 226 g/mol. The molecule has 0 radical (unpaired) electrons. The maximum absolute atomic E-state index is 9.31. The summed E-state index contributed by atoms with van der Waals surface area (Å²) in [6, 6.07) is 0. The minimum atomic E-state index is -0.196. The summed E-state index contributed by atoms with van der Waals surface area (Å²) in [5, 5.41) is 10.0. The Morgan fingerprint density at radius 3 is 2.64 bits per heavy atom. The molecule has 0 amide bonds. The molecule has 0 aliphatic carbocycles. The molecule has 0 aromatic rings. The minimum Gasteiger partial charge on any atom is -0.391 e. The molecule has 1 atom stereocenters. The normalized spacial score (nSPS) is 23.5. The van der Waals surface area contributed by atoms with E-state index in [0.29, 0.717) is 5.33 Å². The maximum Gasteiger partial charge on any atom is 0.0763 e. The van der Waals surface area contributed by atoms with Gasteiger partial charge in [0.15, 0.2) is 0 Å². The number of rotatable bonds is 3. The summed E-state index contributed by atoms with van der Waals surface area (Å²) in [4.78, 5) is 2.32. The third-order valence-electron chi connectivity index (χ3n) is 1.75. The summed E-state index contributed by atoms with van der Waals surface area (Å²) < 4.78 is 0. The summed E-state index contributed by atoms with van der Waals surface area (Å²) in [5.74, 6) is 2.43. The van der Waals surface area contributed by atoms with E-state index in [1.807, 2.05) is 11.8 Å². The molecule has 0 saturated carbocycles. The SMILES string of the molecule is OC(CBr)CN1CCSCC1. The zero-order valence-corrected chi connectivity index (χ0v) is 8.90. The van der Waals surface area contributed by atoms with E-state index in [9.17, 15) is 5.11 Å². The number of halogens is 1. The van der Waals surface area contributed by atoms with E-state index in [2.05, 4.69) is 20.8 Å². The van der Waals surface area contributed by atoms with Gasteiger partial charge in [-0.15, -0.1) is 0 Å². The van der Waals surface area contributed by atoms with E-state index < -0.39 is 0 Å². The molecule has 1 aliphatic heterocycles. The van der Waals surface area contributed by atoms with E-state index in [4.69, 9.17) is 0 Å². The van der Waals surface area contributed by atoms with Crippen molar-refractivity contribution in [3.63, 3.8) is 0 Å². The van der Waals surface area contributed by atoms with Crippen LogP contribution in [0.1, 0.15) is 0 Å². The summed E-state index contributed by atoms with van der Waals surface area (Å²) >= 11 is 5.26. The van der Waals surface area contributed by atoms with Crippen molar-refractivity contribution in [3.05, 3.63) is 0 Å². The van der Waals surface area contributed by atoms with Crippen LogP contribution in [0.3, 0.4) is 0 Å². The number of thioether (sulfide) groups is 1. The molecule has 1 aliphatic rings. The Bertz CT molecular complexity index is 109. The first-order valence-corrected chi connectivity index (χ1v) is 6.14. The van der Waals surface area contributed by atoms with Gasteiger partial charge in [0, 0.05) is 36.5 Å². The van der Waals surface area contributed by atoms with Gasteiger partial charge in [0.25, 0.3) is 0 Å². The summed E-state index contributed by atoms with van der Waals surface area (Å²) in [6.45, 7) is 3.09. The number of alkyl halides is 1. The number of nitrogens with zero attached hydrogens (tertiary/aromatic N) is 1. The molecule has 1 unspecified atom stereocenters. The van der Waals surface area contributed by atoms with Crippen molar-refractivity contribution < 1.29 is 5.11 Å². The predicted molar refractivity (Wildman–Crippen MR) is 53.6 cm³/mol. The first-order chi connectivity index (χ1) is 5.33. The Kier molecular flexibility index (Phi) is 4.83. The van der Waals surface area contributed by atoms with Crippen LogP contribution in [-0.4, -0.2) is 52.6 Å². The number of aliphatic hydroxyl groups is 1. The third kappa shape index (κ3) is 3.78. The van der Waals surface area contributed by atoms with E-state index in [-0.39, 0.29) is 6.10 Å². The van der Waals surface area contributed by atoms with Gasteiger partial charge in [0.1, 0.15) is 0 Å². The Morgan fingerprint density at radius 2 is 2.09 bits per heavy atom. The molecule has 1 saturated heterocycles. The molecule has 66 valence electrons. The average Bonchev–Trinajstić information content (AvgIpc) is 2.06. The molecule has 1 rings (SSSR count). The van der Waals surface area contributed by atoms with Crippen LogP contribution in [-0.2, 0) is 0 Å². The fourth-order valence-corrected chi connectivity index (χ4v) is 2.31. The van der Waals surface area contributed by atoms with Gasteiger partial charge >= 0.3 is 0 Å². The number of hydrogen-bond donors (Lipinski definition) is 1. The molecule has 11 heavy (non-hydrogen) atoms. The molecule has 0 spiro atoms. The number of hydrogen-bond acceptors (Lipinski definition) is 3. The average molecular weight is 240 g/mol. The van der Waals surface area contributed by atoms with Gasteiger partial charge in [-0.1, -0.05) is 15.9 Å². The smallest absolute Gasteiger partial charge is 0.0763 e. The van der Waals surface area contributed by atoms with E-state index >= 15 is 0 Å². The zero-order chi connectivity index (χ0) is 8.10. The van der Waals surface area contributed by atoms with Gasteiger partial charge in [-0.2, -0.15) is 11.8 Å². The van der Waals surface area contributed by atoms with Crippen molar-refractivity contribution in [3.8, 4) is 0 Å². The summed E-state index contributed by atoms with van der Waals surface area (Å²) in [7, 11) is 0. The van der Waals surface area contributed by atoms with Crippen LogP contribution in [0.5, 0.6) is 0 Å². The monoisotopic (exact) mass is 239 g/mol. The molecular formula is C7H14BrNOS. The summed E-state index contributed by atoms with van der Waals surface area (Å²) in [5.41, 5.74) is 0. The summed E-state index contributed by atoms with van der Waals surface area (Å²) in [6.07, 6.45) is -0.196. The largest absolute Gasteiger partial charge is 0.391 e. The van der Waals surface area contributed by atoms with Crippen molar-refractivity contribution in [1.29, 1.82) is 0 Å². The molecule has 0 bridgehead atoms. The Labute approximate surface area is 80.5 Å². The molecule has 2 nitrogen and oxygen atoms in total. The second-order valence-electron chi connectivity index (χ2n) is 2.72. The lowest BCUT2D eigenvalue weighted by Gasteiger charge is -2.27. The van der Waals surface area contributed by atoms with E-state index in [1.165, 1.54) is 11.5 Å². The highest BCUT2D eigenvalue weighted by atomic mass is 79.9. The first kappa shape index (κ1) is 9.84. The maximum atomic E-state index is 9.31. The second-order valence-corrected chi connectivity index (χ2v) is 4.59. The first-order valence-electron chi connectivity index (χ1n) is 3.87. The van der Waals surface area contributed by atoms with E-state index in [1.54, 1.807) is 0 Å². The van der Waals surface area contributed by atoms with Gasteiger partial charge < -0.3 is 5.11 Å². The predicted octanol–water partition coefficient (Wildman–Crippen LogP) is 0.791. The Hall–Kier alpha value is 0.750. The van der Waals surface area contributed by atoms with Gasteiger partial charge in [-0.25, -0.2) is 0 Å². The number of β-amino-alcohol motifs (C(OH)–C–C–N with tert-alkyl or cyclic N) is 1. The molecule has 1 fully saturated rings. The van der Waals surface area contributed by atoms with Crippen LogP contribution in [0.2, 0.25) is 0 Å². The van der Waals surface area contributed by atoms with Crippen molar-refractivity contribution in [2.45, 2.75) is 6.10 Å². The molecule has 0 aromatic heterocycles. The molecule has 4 heteroatoms. The lowest BCUT2D eigenvalue weighted by Crippen LogP contribution is -2.38. The Morgan fingerprint density at radius 1 is 1.45 bits per heavy atom. The van der Waals surface area contributed by atoms with Gasteiger partial charge in [0.05, 0.1) is 6.10 Å². The standard InChI is InChI=1S/C7H14BrNOS/c8-5-7(10)6-9-1-3-11-4-2-9/h7,10H,1-6H2. The van der Waals surface area contributed by atoms with Crippen molar-refractivity contribution in [2.75, 3.05) is 36.5 Å². The molecule has 1 N–H and O–H groups in total. The van der Waals surface area contributed by atoms with Gasteiger partial charge in [-0.05, 0) is 0 Å². The second kappa shape index (κ2) is 5.41. The molecule has 1 heterocycles. The van der Waals surface area contributed by atoms with Crippen LogP contribution in [0.4, 0.5) is 0 Å². The zero-order valence-electron chi connectivity index (χ0n) is 6.50. The van der Waals surface area contributed by atoms with Crippen LogP contribution in [0.25, 0.3) is 0 Å². The van der Waals surface area contributed by atoms with Crippen molar-refractivity contribution >= 4 is 27.7 Å². The van der Waals surface area contributed by atoms with Crippen LogP contribution >= 0.6 is 27.7 Å². The van der Waals surface area contributed by atoms with Crippen LogP contribution in [0.15, 0.2) is 0 Å². The van der Waals surface area contributed by atoms with Crippen molar-refractivity contribution in [1.82, 2.24) is 4.90 Å². The van der Waals surface area contributed by atoms with E-state index in [0.717, 1.165) is 19.6 Å². The highest BCUT2D eigenvalue weighted by Gasteiger charge is 2.13. The highest BCUT2D eigenvalue weighted by molar-refractivity contribution is 9.09. The molecule has 0 aromatic carbocycles.